The topological polar surface area (TPSA) is 36.0 Å². The Balaban J connectivity index is 1.70. The molecule has 0 radical (unpaired) electrons. The number of halogens is 3. The van der Waals surface area contributed by atoms with Gasteiger partial charge in [-0.2, -0.15) is 13.2 Å². The molecule has 1 saturated heterocycles. The highest BCUT2D eigenvalue weighted by molar-refractivity contribution is 5.95. The maximum Gasteiger partial charge on any atom is 0.411 e. The van der Waals surface area contributed by atoms with Crippen molar-refractivity contribution < 1.29 is 22.7 Å². The van der Waals surface area contributed by atoms with E-state index in [0.717, 1.165) is 37.4 Å². The van der Waals surface area contributed by atoms with Crippen molar-refractivity contribution in [2.24, 2.45) is 0 Å². The molecule has 1 aromatic carbocycles. The summed E-state index contributed by atoms with van der Waals surface area (Å²) in [5.74, 6) is 0.0887. The van der Waals surface area contributed by atoms with E-state index in [4.69, 9.17) is 0 Å². The van der Waals surface area contributed by atoms with E-state index in [0.29, 0.717) is 26.1 Å². The normalized spacial score (nSPS) is 16.3. The average Bonchev–Trinajstić information content (AvgIpc) is 2.64. The number of likely N-dealkylation sites (N-methyl/N-ethyl adjacent to an activating group) is 1. The third-order valence-electron chi connectivity index (χ3n) is 4.88. The monoisotopic (exact) mass is 401 g/mol. The molecule has 0 saturated carbocycles. The van der Waals surface area contributed by atoms with Crippen LogP contribution in [0.15, 0.2) is 24.3 Å². The minimum Gasteiger partial charge on any atom is -0.372 e. The van der Waals surface area contributed by atoms with Gasteiger partial charge < -0.3 is 14.5 Å². The highest BCUT2D eigenvalue weighted by atomic mass is 19.4. The molecule has 1 aliphatic rings. The van der Waals surface area contributed by atoms with Gasteiger partial charge >= 0.3 is 6.18 Å². The second-order valence-corrected chi connectivity index (χ2v) is 7.06. The first-order chi connectivity index (χ1) is 13.3. The third-order valence-corrected chi connectivity index (χ3v) is 4.88. The van der Waals surface area contributed by atoms with Crippen molar-refractivity contribution in [3.05, 3.63) is 29.8 Å². The zero-order valence-corrected chi connectivity index (χ0v) is 16.7. The van der Waals surface area contributed by atoms with Crippen molar-refractivity contribution in [2.45, 2.75) is 26.4 Å². The van der Waals surface area contributed by atoms with E-state index >= 15 is 0 Å². The second kappa shape index (κ2) is 10.8. The van der Waals surface area contributed by atoms with Gasteiger partial charge in [0.05, 0.1) is 6.54 Å². The molecule has 5 nitrogen and oxygen atoms in total. The lowest BCUT2D eigenvalue weighted by Gasteiger charge is -2.35. The molecule has 1 fully saturated rings. The van der Waals surface area contributed by atoms with Crippen LogP contribution in [0.25, 0.3) is 0 Å². The van der Waals surface area contributed by atoms with Gasteiger partial charge in [0.2, 0.25) is 5.91 Å². The molecule has 0 N–H and O–H groups in total. The van der Waals surface area contributed by atoms with E-state index in [2.05, 4.69) is 14.5 Å². The Morgan fingerprint density at radius 3 is 2.39 bits per heavy atom. The molecule has 1 amide bonds. The maximum absolute atomic E-state index is 12.8. The molecule has 1 heterocycles. The minimum absolute atomic E-state index is 0.0887. The van der Waals surface area contributed by atoms with Gasteiger partial charge in [0.25, 0.3) is 0 Å². The summed E-state index contributed by atoms with van der Waals surface area (Å²) in [6.07, 6.45) is -3.69. The Kier molecular flexibility index (Phi) is 8.72. The van der Waals surface area contributed by atoms with Crippen LogP contribution in [0.4, 0.5) is 18.9 Å². The van der Waals surface area contributed by atoms with Gasteiger partial charge in [-0.25, -0.2) is 0 Å². The number of ether oxygens (including phenoxy) is 1. The molecule has 0 bridgehead atoms. The Morgan fingerprint density at radius 2 is 1.79 bits per heavy atom. The van der Waals surface area contributed by atoms with Crippen LogP contribution < -0.4 is 4.90 Å². The van der Waals surface area contributed by atoms with Crippen LogP contribution in [0.1, 0.15) is 18.9 Å². The molecule has 0 aromatic heterocycles. The number of amides is 1. The number of anilines is 1. The minimum atomic E-state index is -4.26. The van der Waals surface area contributed by atoms with Crippen molar-refractivity contribution >= 4 is 11.6 Å². The molecule has 28 heavy (non-hydrogen) atoms. The highest BCUT2D eigenvalue weighted by Crippen LogP contribution is 2.19. The van der Waals surface area contributed by atoms with Gasteiger partial charge in [-0.05, 0) is 31.9 Å². The fourth-order valence-corrected chi connectivity index (χ4v) is 3.37. The van der Waals surface area contributed by atoms with E-state index in [1.807, 2.05) is 43.0 Å². The number of piperazine rings is 1. The standard InChI is InChI=1S/C20H30F3N3O2/c1-3-26(18-8-5-4-7-17(18)2)19(27)15-25-12-10-24(11-13-25)9-6-14-28-16-20(21,22)23/h4-5,7-8H,3,6,9-16H2,1-2H3. The summed E-state index contributed by atoms with van der Waals surface area (Å²) in [6, 6.07) is 7.87. The van der Waals surface area contributed by atoms with E-state index in [1.54, 1.807) is 0 Å². The van der Waals surface area contributed by atoms with Crippen LogP contribution in [0.2, 0.25) is 0 Å². The fourth-order valence-electron chi connectivity index (χ4n) is 3.37. The number of para-hydroxylation sites is 1. The lowest BCUT2D eigenvalue weighted by atomic mass is 10.1. The smallest absolute Gasteiger partial charge is 0.372 e. The number of nitrogens with zero attached hydrogens (tertiary/aromatic N) is 3. The van der Waals surface area contributed by atoms with Crippen molar-refractivity contribution in [2.75, 3.05) is 63.9 Å². The van der Waals surface area contributed by atoms with Gasteiger partial charge in [-0.1, -0.05) is 18.2 Å². The summed E-state index contributed by atoms with van der Waals surface area (Å²) < 4.78 is 40.7. The Morgan fingerprint density at radius 1 is 1.14 bits per heavy atom. The quantitative estimate of drug-likeness (QED) is 0.596. The first-order valence-corrected chi connectivity index (χ1v) is 9.75. The van der Waals surface area contributed by atoms with Gasteiger partial charge in [0, 0.05) is 51.6 Å². The largest absolute Gasteiger partial charge is 0.411 e. The fraction of sp³-hybridized carbons (Fsp3) is 0.650. The predicted molar refractivity (Wildman–Crippen MR) is 104 cm³/mol. The highest BCUT2D eigenvalue weighted by Gasteiger charge is 2.27. The number of carbonyl (C=O) groups excluding carboxylic acids is 1. The van der Waals surface area contributed by atoms with Gasteiger partial charge in [-0.15, -0.1) is 0 Å². The molecule has 1 aromatic rings. The maximum atomic E-state index is 12.8. The molecule has 2 rings (SSSR count). The molecular weight excluding hydrogens is 371 g/mol. The molecule has 0 spiro atoms. The summed E-state index contributed by atoms with van der Waals surface area (Å²) in [6.45, 7) is 7.80. The summed E-state index contributed by atoms with van der Waals surface area (Å²) in [5, 5.41) is 0. The molecular formula is C20H30F3N3O2. The summed E-state index contributed by atoms with van der Waals surface area (Å²) in [7, 11) is 0. The summed E-state index contributed by atoms with van der Waals surface area (Å²) >= 11 is 0. The van der Waals surface area contributed by atoms with Crippen LogP contribution in [0.3, 0.4) is 0 Å². The van der Waals surface area contributed by atoms with Gasteiger partial charge in [0.15, 0.2) is 0 Å². The number of rotatable bonds is 9. The van der Waals surface area contributed by atoms with Crippen molar-refractivity contribution in [3.63, 3.8) is 0 Å². The molecule has 0 unspecified atom stereocenters. The lowest BCUT2D eigenvalue weighted by Crippen LogP contribution is -2.50. The first-order valence-electron chi connectivity index (χ1n) is 9.75. The van der Waals surface area contributed by atoms with Crippen molar-refractivity contribution in [1.82, 2.24) is 9.80 Å². The number of hydrogen-bond donors (Lipinski definition) is 0. The number of alkyl halides is 3. The third kappa shape index (κ3) is 7.41. The van der Waals surface area contributed by atoms with Crippen molar-refractivity contribution in [3.8, 4) is 0 Å². The van der Waals surface area contributed by atoms with Crippen molar-refractivity contribution in [1.29, 1.82) is 0 Å². The van der Waals surface area contributed by atoms with Crippen LogP contribution in [-0.4, -0.2) is 80.9 Å². The molecule has 8 heteroatoms. The van der Waals surface area contributed by atoms with Crippen LogP contribution in [0.5, 0.6) is 0 Å². The van der Waals surface area contributed by atoms with E-state index in [1.165, 1.54) is 0 Å². The Hall–Kier alpha value is -1.64. The van der Waals surface area contributed by atoms with Crippen LogP contribution >= 0.6 is 0 Å². The molecule has 158 valence electrons. The zero-order chi connectivity index (χ0) is 20.6. The molecule has 1 aliphatic heterocycles. The van der Waals surface area contributed by atoms with E-state index in [9.17, 15) is 18.0 Å². The summed E-state index contributed by atoms with van der Waals surface area (Å²) in [4.78, 5) is 18.9. The number of aryl methyl sites for hydroxylation is 1. The SMILES string of the molecule is CCN(C(=O)CN1CCN(CCCOCC(F)(F)F)CC1)c1ccccc1C. The number of carbonyl (C=O) groups is 1. The van der Waals surface area contributed by atoms with E-state index < -0.39 is 12.8 Å². The lowest BCUT2D eigenvalue weighted by molar-refractivity contribution is -0.174. The predicted octanol–water partition coefficient (Wildman–Crippen LogP) is 2.93. The molecule has 0 aliphatic carbocycles. The first kappa shape index (κ1) is 22.6. The number of hydrogen-bond acceptors (Lipinski definition) is 4. The second-order valence-electron chi connectivity index (χ2n) is 7.06. The van der Waals surface area contributed by atoms with Crippen LogP contribution in [-0.2, 0) is 9.53 Å². The van der Waals surface area contributed by atoms with Gasteiger partial charge in [0.1, 0.15) is 6.61 Å². The van der Waals surface area contributed by atoms with E-state index in [-0.39, 0.29) is 12.5 Å². The average molecular weight is 401 g/mol. The van der Waals surface area contributed by atoms with Crippen LogP contribution in [0, 0.1) is 6.92 Å². The number of benzene rings is 1. The van der Waals surface area contributed by atoms with Gasteiger partial charge in [-0.3, -0.25) is 9.69 Å². The molecule has 0 atom stereocenters. The Bertz CT molecular complexity index is 617. The Labute approximate surface area is 165 Å². The summed E-state index contributed by atoms with van der Waals surface area (Å²) in [5.41, 5.74) is 2.03. The zero-order valence-electron chi connectivity index (χ0n) is 16.7.